The number of ether oxygens (including phenoxy) is 1. The summed E-state index contributed by atoms with van der Waals surface area (Å²) in [5, 5.41) is 18.3. The highest BCUT2D eigenvalue weighted by molar-refractivity contribution is 5.95. The van der Waals surface area contributed by atoms with Crippen LogP contribution in [0.2, 0.25) is 0 Å². The van der Waals surface area contributed by atoms with E-state index in [1.54, 1.807) is 45.0 Å². The zero-order chi connectivity index (χ0) is 16.9. The lowest BCUT2D eigenvalue weighted by Crippen LogP contribution is -2.45. The van der Waals surface area contributed by atoms with Crippen molar-refractivity contribution in [3.8, 4) is 6.07 Å². The highest BCUT2D eigenvalue weighted by Gasteiger charge is 2.36. The summed E-state index contributed by atoms with van der Waals surface area (Å²) in [6.07, 6.45) is 0.0972. The Hall–Kier alpha value is -2.39. The van der Waals surface area contributed by atoms with Crippen molar-refractivity contribution in [3.63, 3.8) is 0 Å². The van der Waals surface area contributed by atoms with E-state index < -0.39 is 29.5 Å². The summed E-state index contributed by atoms with van der Waals surface area (Å²) < 4.78 is 5.11. The molecule has 0 bridgehead atoms. The van der Waals surface area contributed by atoms with Crippen molar-refractivity contribution in [2.24, 2.45) is 11.7 Å². The number of carboxylic acid groups (broad SMARTS) is 1. The molecule has 3 N–H and O–H groups in total. The number of nitriles is 1. The summed E-state index contributed by atoms with van der Waals surface area (Å²) >= 11 is 0. The van der Waals surface area contributed by atoms with Crippen molar-refractivity contribution in [3.05, 3.63) is 35.4 Å². The molecule has 0 saturated heterocycles. The van der Waals surface area contributed by atoms with Crippen molar-refractivity contribution in [1.82, 2.24) is 0 Å². The molecular formula is C16H20N2O4. The van der Waals surface area contributed by atoms with Gasteiger partial charge in [-0.15, -0.1) is 0 Å². The quantitative estimate of drug-likeness (QED) is 0.629. The van der Waals surface area contributed by atoms with E-state index >= 15 is 0 Å². The zero-order valence-corrected chi connectivity index (χ0v) is 12.9. The van der Waals surface area contributed by atoms with Crippen molar-refractivity contribution < 1.29 is 19.4 Å². The maximum atomic E-state index is 12.0. The van der Waals surface area contributed by atoms with Crippen LogP contribution in [-0.4, -0.2) is 28.7 Å². The molecular weight excluding hydrogens is 284 g/mol. The van der Waals surface area contributed by atoms with Crippen LogP contribution in [0.5, 0.6) is 0 Å². The SMILES string of the molecule is CC(C)(C)OC(=O)[C@@H](C(=O)O)[C@@H](N)Cc1ccccc1C#N. The van der Waals surface area contributed by atoms with Crippen LogP contribution in [0.15, 0.2) is 24.3 Å². The van der Waals surface area contributed by atoms with Crippen LogP contribution >= 0.6 is 0 Å². The molecule has 0 aliphatic rings. The molecule has 0 heterocycles. The Kier molecular flexibility index (Phi) is 5.66. The Morgan fingerprint density at radius 2 is 1.95 bits per heavy atom. The number of nitrogens with zero attached hydrogens (tertiary/aromatic N) is 1. The van der Waals surface area contributed by atoms with E-state index in [4.69, 9.17) is 15.7 Å². The molecule has 0 aliphatic carbocycles. The van der Waals surface area contributed by atoms with Crippen LogP contribution in [0.25, 0.3) is 0 Å². The molecule has 0 saturated carbocycles. The molecule has 0 aliphatic heterocycles. The minimum atomic E-state index is -1.48. The van der Waals surface area contributed by atoms with Crippen LogP contribution in [0.4, 0.5) is 0 Å². The summed E-state index contributed by atoms with van der Waals surface area (Å²) in [6.45, 7) is 4.96. The topological polar surface area (TPSA) is 113 Å². The minimum Gasteiger partial charge on any atom is -0.481 e. The lowest BCUT2D eigenvalue weighted by molar-refractivity contribution is -0.167. The van der Waals surface area contributed by atoms with Gasteiger partial charge in [-0.05, 0) is 38.8 Å². The van der Waals surface area contributed by atoms with Gasteiger partial charge in [0.15, 0.2) is 5.92 Å². The zero-order valence-electron chi connectivity index (χ0n) is 12.9. The van der Waals surface area contributed by atoms with Gasteiger partial charge in [0.25, 0.3) is 0 Å². The molecule has 0 unspecified atom stereocenters. The molecule has 6 heteroatoms. The fourth-order valence-electron chi connectivity index (χ4n) is 2.00. The van der Waals surface area contributed by atoms with Gasteiger partial charge in [0.2, 0.25) is 0 Å². The van der Waals surface area contributed by atoms with Crippen molar-refractivity contribution in [2.75, 3.05) is 0 Å². The molecule has 0 spiro atoms. The predicted molar refractivity (Wildman–Crippen MR) is 79.8 cm³/mol. The van der Waals surface area contributed by atoms with Gasteiger partial charge in [-0.2, -0.15) is 5.26 Å². The fourth-order valence-corrected chi connectivity index (χ4v) is 2.00. The Morgan fingerprint density at radius 1 is 1.36 bits per heavy atom. The van der Waals surface area contributed by atoms with Gasteiger partial charge in [0, 0.05) is 6.04 Å². The van der Waals surface area contributed by atoms with Crippen molar-refractivity contribution in [2.45, 2.75) is 38.8 Å². The number of rotatable bonds is 5. The number of carbonyl (C=O) groups excluding carboxylic acids is 1. The summed E-state index contributed by atoms with van der Waals surface area (Å²) in [4.78, 5) is 23.4. The molecule has 1 aromatic rings. The van der Waals surface area contributed by atoms with E-state index in [1.165, 1.54) is 0 Å². The maximum absolute atomic E-state index is 12.0. The van der Waals surface area contributed by atoms with E-state index in [2.05, 4.69) is 0 Å². The number of nitrogens with two attached hydrogens (primary N) is 1. The first-order valence-corrected chi connectivity index (χ1v) is 6.85. The highest BCUT2D eigenvalue weighted by atomic mass is 16.6. The maximum Gasteiger partial charge on any atom is 0.322 e. The summed E-state index contributed by atoms with van der Waals surface area (Å²) in [5.41, 5.74) is 6.12. The fraction of sp³-hybridized carbons (Fsp3) is 0.438. The summed E-state index contributed by atoms with van der Waals surface area (Å²) in [7, 11) is 0. The summed E-state index contributed by atoms with van der Waals surface area (Å²) in [5.74, 6) is -3.69. The van der Waals surface area contributed by atoms with Crippen molar-refractivity contribution in [1.29, 1.82) is 5.26 Å². The second-order valence-corrected chi connectivity index (χ2v) is 5.99. The first kappa shape index (κ1) is 17.7. The second-order valence-electron chi connectivity index (χ2n) is 5.99. The van der Waals surface area contributed by atoms with E-state index in [-0.39, 0.29) is 6.42 Å². The van der Waals surface area contributed by atoms with E-state index in [9.17, 15) is 14.7 Å². The third-order valence-electron chi connectivity index (χ3n) is 2.95. The molecule has 22 heavy (non-hydrogen) atoms. The Bertz CT molecular complexity index is 599. The smallest absolute Gasteiger partial charge is 0.322 e. The summed E-state index contributed by atoms with van der Waals surface area (Å²) in [6, 6.07) is 7.77. The largest absolute Gasteiger partial charge is 0.481 e. The van der Waals surface area contributed by atoms with Crippen LogP contribution in [0, 0.1) is 17.2 Å². The normalized spacial score (nSPS) is 13.8. The molecule has 1 rings (SSSR count). The van der Waals surface area contributed by atoms with E-state index in [0.717, 1.165) is 0 Å². The number of carbonyl (C=O) groups is 2. The average molecular weight is 304 g/mol. The van der Waals surface area contributed by atoms with Crippen LogP contribution in [-0.2, 0) is 20.7 Å². The van der Waals surface area contributed by atoms with Gasteiger partial charge < -0.3 is 15.6 Å². The average Bonchev–Trinajstić information content (AvgIpc) is 2.36. The molecule has 0 radical (unpaired) electrons. The van der Waals surface area contributed by atoms with Gasteiger partial charge in [0.05, 0.1) is 11.6 Å². The lowest BCUT2D eigenvalue weighted by Gasteiger charge is -2.25. The second kappa shape index (κ2) is 7.05. The minimum absolute atomic E-state index is 0.0972. The Labute approximate surface area is 129 Å². The first-order valence-electron chi connectivity index (χ1n) is 6.85. The van der Waals surface area contributed by atoms with Gasteiger partial charge in [-0.3, -0.25) is 9.59 Å². The van der Waals surface area contributed by atoms with Crippen molar-refractivity contribution >= 4 is 11.9 Å². The Balaban J connectivity index is 2.95. The van der Waals surface area contributed by atoms with Gasteiger partial charge in [-0.1, -0.05) is 18.2 Å². The van der Waals surface area contributed by atoms with Crippen LogP contribution < -0.4 is 5.73 Å². The molecule has 1 aromatic carbocycles. The first-order chi connectivity index (χ1) is 10.2. The third kappa shape index (κ3) is 4.86. The van der Waals surface area contributed by atoms with Crippen LogP contribution in [0.3, 0.4) is 0 Å². The van der Waals surface area contributed by atoms with Gasteiger partial charge >= 0.3 is 11.9 Å². The third-order valence-corrected chi connectivity index (χ3v) is 2.95. The molecule has 0 amide bonds. The number of hydrogen-bond acceptors (Lipinski definition) is 5. The Morgan fingerprint density at radius 3 is 2.45 bits per heavy atom. The van der Waals surface area contributed by atoms with Gasteiger partial charge in [0.1, 0.15) is 5.60 Å². The number of benzene rings is 1. The highest BCUT2D eigenvalue weighted by Crippen LogP contribution is 2.18. The lowest BCUT2D eigenvalue weighted by atomic mass is 9.92. The number of aliphatic carboxylic acids is 1. The molecule has 2 atom stereocenters. The number of carboxylic acids is 1. The molecule has 0 fully saturated rings. The number of hydrogen-bond donors (Lipinski definition) is 2. The van der Waals surface area contributed by atoms with E-state index in [1.807, 2.05) is 6.07 Å². The molecule has 6 nitrogen and oxygen atoms in total. The predicted octanol–water partition coefficient (Wildman–Crippen LogP) is 1.47. The van der Waals surface area contributed by atoms with Gasteiger partial charge in [-0.25, -0.2) is 0 Å². The standard InChI is InChI=1S/C16H20N2O4/c1-16(2,3)22-15(21)13(14(19)20)12(18)8-10-6-4-5-7-11(10)9-17/h4-7,12-13H,8,18H2,1-3H3,(H,19,20)/t12-,13+/m0/s1. The number of esters is 1. The monoisotopic (exact) mass is 304 g/mol. The van der Waals surface area contributed by atoms with Crippen LogP contribution in [0.1, 0.15) is 31.9 Å². The van der Waals surface area contributed by atoms with E-state index in [0.29, 0.717) is 11.1 Å². The molecule has 118 valence electrons. The molecule has 0 aromatic heterocycles.